The molecule has 26 heavy (non-hydrogen) atoms. The van der Waals surface area contributed by atoms with Crippen molar-refractivity contribution in [1.29, 1.82) is 0 Å². The molecule has 2 rings (SSSR count). The first kappa shape index (κ1) is 19.6. The SMILES string of the molecule is CCCCC1=C(C(=O)OC)C(c2cccc(OC)c2OCC)NC(=O)N1. The lowest BCUT2D eigenvalue weighted by Gasteiger charge is -2.30. The molecule has 1 aromatic carbocycles. The number of ether oxygens (including phenoxy) is 3. The quantitative estimate of drug-likeness (QED) is 0.694. The number of carbonyl (C=O) groups excluding carboxylic acids is 2. The lowest BCUT2D eigenvalue weighted by atomic mass is 9.92. The average molecular weight is 362 g/mol. The fourth-order valence-electron chi connectivity index (χ4n) is 2.97. The molecule has 142 valence electrons. The van der Waals surface area contributed by atoms with Crippen LogP contribution in [0.25, 0.3) is 0 Å². The minimum atomic E-state index is -0.681. The molecule has 1 aromatic rings. The molecular weight excluding hydrogens is 336 g/mol. The van der Waals surface area contributed by atoms with Crippen LogP contribution in [0.2, 0.25) is 0 Å². The van der Waals surface area contributed by atoms with Crippen LogP contribution < -0.4 is 20.1 Å². The molecule has 7 nitrogen and oxygen atoms in total. The number of hydrogen-bond acceptors (Lipinski definition) is 5. The highest BCUT2D eigenvalue weighted by Crippen LogP contribution is 2.39. The van der Waals surface area contributed by atoms with E-state index in [4.69, 9.17) is 14.2 Å². The molecule has 1 heterocycles. The smallest absolute Gasteiger partial charge is 0.337 e. The summed E-state index contributed by atoms with van der Waals surface area (Å²) in [5.41, 5.74) is 1.61. The number of rotatable bonds is 8. The van der Waals surface area contributed by atoms with Crippen molar-refractivity contribution in [2.24, 2.45) is 0 Å². The highest BCUT2D eigenvalue weighted by molar-refractivity contribution is 5.95. The largest absolute Gasteiger partial charge is 0.493 e. The van der Waals surface area contributed by atoms with Crippen LogP contribution in [0, 0.1) is 0 Å². The molecule has 2 N–H and O–H groups in total. The predicted octanol–water partition coefficient (Wildman–Crippen LogP) is 3.07. The molecule has 0 radical (unpaired) electrons. The number of carbonyl (C=O) groups is 2. The van der Waals surface area contributed by atoms with Crippen molar-refractivity contribution in [2.45, 2.75) is 39.2 Å². The Morgan fingerprint density at radius 3 is 2.62 bits per heavy atom. The molecule has 7 heteroatoms. The summed E-state index contributed by atoms with van der Waals surface area (Å²) in [6, 6.07) is 4.34. The highest BCUT2D eigenvalue weighted by atomic mass is 16.5. The van der Waals surface area contributed by atoms with Gasteiger partial charge in [0.2, 0.25) is 0 Å². The van der Waals surface area contributed by atoms with E-state index in [1.807, 2.05) is 19.9 Å². The number of hydrogen-bond donors (Lipinski definition) is 2. The number of unbranched alkanes of at least 4 members (excludes halogenated alkanes) is 1. The van der Waals surface area contributed by atoms with Crippen LogP contribution >= 0.6 is 0 Å². The molecule has 1 aliphatic rings. The van der Waals surface area contributed by atoms with E-state index < -0.39 is 12.0 Å². The zero-order valence-electron chi connectivity index (χ0n) is 15.7. The summed E-state index contributed by atoms with van der Waals surface area (Å²) in [4.78, 5) is 24.7. The Hall–Kier alpha value is -2.70. The second-order valence-electron chi connectivity index (χ2n) is 5.83. The standard InChI is InChI=1S/C19H26N2O5/c1-5-7-10-13-15(18(22)25-4)16(21-19(23)20-13)12-9-8-11-14(24-3)17(12)26-6-2/h8-9,11,16H,5-7,10H2,1-4H3,(H2,20,21,23). The minimum absolute atomic E-state index is 0.362. The van der Waals surface area contributed by atoms with Gasteiger partial charge in [-0.25, -0.2) is 9.59 Å². The third kappa shape index (κ3) is 4.09. The van der Waals surface area contributed by atoms with E-state index in [0.717, 1.165) is 12.8 Å². The van der Waals surface area contributed by atoms with Gasteiger partial charge in [0, 0.05) is 11.3 Å². The number of nitrogens with one attached hydrogen (secondary N) is 2. The van der Waals surface area contributed by atoms with Crippen molar-refractivity contribution in [3.63, 3.8) is 0 Å². The van der Waals surface area contributed by atoms with Gasteiger partial charge in [0.25, 0.3) is 0 Å². The van der Waals surface area contributed by atoms with E-state index in [1.165, 1.54) is 7.11 Å². The number of methoxy groups -OCH3 is 2. The summed E-state index contributed by atoms with van der Waals surface area (Å²) in [6.07, 6.45) is 2.37. The van der Waals surface area contributed by atoms with Crippen molar-refractivity contribution in [2.75, 3.05) is 20.8 Å². The number of amides is 2. The molecule has 0 saturated carbocycles. The molecule has 0 bridgehead atoms. The Labute approximate surface area is 153 Å². The van der Waals surface area contributed by atoms with Crippen molar-refractivity contribution in [1.82, 2.24) is 10.6 Å². The summed E-state index contributed by atoms with van der Waals surface area (Å²) in [7, 11) is 2.88. The normalized spacial score (nSPS) is 16.6. The number of urea groups is 1. The predicted molar refractivity (Wildman–Crippen MR) is 97.1 cm³/mol. The van der Waals surface area contributed by atoms with Gasteiger partial charge in [-0.1, -0.05) is 25.5 Å². The molecule has 0 spiro atoms. The molecule has 1 aliphatic heterocycles. The van der Waals surface area contributed by atoms with Gasteiger partial charge in [-0.15, -0.1) is 0 Å². The first-order valence-electron chi connectivity index (χ1n) is 8.75. The van der Waals surface area contributed by atoms with E-state index in [-0.39, 0.29) is 6.03 Å². The maximum atomic E-state index is 12.5. The van der Waals surface area contributed by atoms with Crippen LogP contribution in [0.15, 0.2) is 29.5 Å². The zero-order chi connectivity index (χ0) is 19.1. The average Bonchev–Trinajstić information content (AvgIpc) is 2.65. The molecule has 1 atom stereocenters. The van der Waals surface area contributed by atoms with Gasteiger partial charge in [-0.3, -0.25) is 0 Å². The summed E-state index contributed by atoms with van der Waals surface area (Å²) < 4.78 is 16.1. The second-order valence-corrected chi connectivity index (χ2v) is 5.83. The first-order valence-corrected chi connectivity index (χ1v) is 8.75. The van der Waals surface area contributed by atoms with Crippen LogP contribution in [0.5, 0.6) is 11.5 Å². The molecular formula is C19H26N2O5. The zero-order valence-corrected chi connectivity index (χ0v) is 15.7. The van der Waals surface area contributed by atoms with E-state index >= 15 is 0 Å². The third-order valence-corrected chi connectivity index (χ3v) is 4.17. The fraction of sp³-hybridized carbons (Fsp3) is 0.474. The maximum absolute atomic E-state index is 12.5. The topological polar surface area (TPSA) is 85.9 Å². The van der Waals surface area contributed by atoms with Gasteiger partial charge < -0.3 is 24.8 Å². The first-order chi connectivity index (χ1) is 12.6. The Morgan fingerprint density at radius 1 is 1.23 bits per heavy atom. The van der Waals surface area contributed by atoms with Crippen molar-refractivity contribution in [3.8, 4) is 11.5 Å². The van der Waals surface area contributed by atoms with Gasteiger partial charge in [-0.05, 0) is 25.8 Å². The van der Waals surface area contributed by atoms with E-state index in [9.17, 15) is 9.59 Å². The summed E-state index contributed by atoms with van der Waals surface area (Å²) in [5, 5.41) is 5.56. The second kappa shape index (κ2) is 9.12. The Balaban J connectivity index is 2.61. The van der Waals surface area contributed by atoms with Gasteiger partial charge >= 0.3 is 12.0 Å². The highest BCUT2D eigenvalue weighted by Gasteiger charge is 2.35. The Bertz CT molecular complexity index is 699. The molecule has 0 saturated heterocycles. The molecule has 0 aliphatic carbocycles. The number of para-hydroxylation sites is 1. The lowest BCUT2D eigenvalue weighted by Crippen LogP contribution is -2.46. The van der Waals surface area contributed by atoms with E-state index in [1.54, 1.807) is 19.2 Å². The lowest BCUT2D eigenvalue weighted by molar-refractivity contribution is -0.136. The monoisotopic (exact) mass is 362 g/mol. The van der Waals surface area contributed by atoms with E-state index in [0.29, 0.717) is 41.4 Å². The summed E-state index contributed by atoms with van der Waals surface area (Å²) in [5.74, 6) is 0.552. The fourth-order valence-corrected chi connectivity index (χ4v) is 2.97. The molecule has 0 aromatic heterocycles. The summed E-state index contributed by atoms with van der Waals surface area (Å²) >= 11 is 0. The van der Waals surface area contributed by atoms with Crippen LogP contribution in [-0.4, -0.2) is 32.8 Å². The van der Waals surface area contributed by atoms with Crippen molar-refractivity contribution >= 4 is 12.0 Å². The maximum Gasteiger partial charge on any atom is 0.337 e. The number of benzene rings is 1. The Morgan fingerprint density at radius 2 is 2.00 bits per heavy atom. The van der Waals surface area contributed by atoms with Crippen LogP contribution in [-0.2, 0) is 9.53 Å². The summed E-state index contributed by atoms with van der Waals surface area (Å²) in [6.45, 7) is 4.33. The van der Waals surface area contributed by atoms with Crippen LogP contribution in [0.3, 0.4) is 0 Å². The Kier molecular flexibility index (Phi) is 6.89. The molecule has 1 unspecified atom stereocenters. The van der Waals surface area contributed by atoms with Crippen molar-refractivity contribution < 1.29 is 23.8 Å². The van der Waals surface area contributed by atoms with Gasteiger partial charge in [-0.2, -0.15) is 0 Å². The van der Waals surface area contributed by atoms with Gasteiger partial charge in [0.1, 0.15) is 0 Å². The molecule has 2 amide bonds. The number of allylic oxidation sites excluding steroid dienone is 1. The van der Waals surface area contributed by atoms with Gasteiger partial charge in [0.05, 0.1) is 32.4 Å². The van der Waals surface area contributed by atoms with Crippen LogP contribution in [0.4, 0.5) is 4.79 Å². The van der Waals surface area contributed by atoms with Gasteiger partial charge in [0.15, 0.2) is 11.5 Å². The van der Waals surface area contributed by atoms with Crippen LogP contribution in [0.1, 0.15) is 44.7 Å². The minimum Gasteiger partial charge on any atom is -0.493 e. The third-order valence-electron chi connectivity index (χ3n) is 4.17. The van der Waals surface area contributed by atoms with Crippen molar-refractivity contribution in [3.05, 3.63) is 35.0 Å². The molecule has 0 fully saturated rings. The number of esters is 1. The van der Waals surface area contributed by atoms with E-state index in [2.05, 4.69) is 10.6 Å².